The minimum absolute atomic E-state index is 0.184. The molecule has 0 fully saturated rings. The summed E-state index contributed by atoms with van der Waals surface area (Å²) in [4.78, 5) is 12.3. The highest BCUT2D eigenvalue weighted by atomic mass is 19.1. The van der Waals surface area contributed by atoms with Crippen molar-refractivity contribution >= 4 is 11.3 Å². The average molecular weight is 239 g/mol. The normalized spacial score (nSPS) is 10.7. The summed E-state index contributed by atoms with van der Waals surface area (Å²) in [6, 6.07) is 15.0. The first-order chi connectivity index (χ1) is 8.75. The summed E-state index contributed by atoms with van der Waals surface area (Å²) in [6.07, 6.45) is 1.82. The Kier molecular flexibility index (Phi) is 2.45. The van der Waals surface area contributed by atoms with Crippen LogP contribution in [-0.4, -0.2) is 10.2 Å². The lowest BCUT2D eigenvalue weighted by Crippen LogP contribution is -2.07. The van der Waals surface area contributed by atoms with Gasteiger partial charge in [-0.3, -0.25) is 4.79 Å². The molecule has 3 rings (SSSR count). The Morgan fingerprint density at radius 2 is 1.78 bits per heavy atom. The van der Waals surface area contributed by atoms with Crippen molar-refractivity contribution in [3.63, 3.8) is 0 Å². The van der Waals surface area contributed by atoms with E-state index < -0.39 is 5.82 Å². The molecular formula is C15H10FNO. The summed E-state index contributed by atoms with van der Waals surface area (Å²) in [5.41, 5.74) is 1.83. The van der Waals surface area contributed by atoms with Crippen LogP contribution in [0.5, 0.6) is 0 Å². The van der Waals surface area contributed by atoms with Crippen molar-refractivity contribution in [3.05, 3.63) is 77.9 Å². The van der Waals surface area contributed by atoms with Crippen LogP contribution in [0.1, 0.15) is 16.1 Å². The van der Waals surface area contributed by atoms with E-state index in [0.717, 1.165) is 5.52 Å². The monoisotopic (exact) mass is 239 g/mol. The van der Waals surface area contributed by atoms with E-state index in [-0.39, 0.29) is 5.78 Å². The van der Waals surface area contributed by atoms with Crippen LogP contribution in [0, 0.1) is 5.82 Å². The molecule has 0 aliphatic carbocycles. The van der Waals surface area contributed by atoms with Crippen LogP contribution in [0.4, 0.5) is 4.39 Å². The van der Waals surface area contributed by atoms with Crippen molar-refractivity contribution in [2.24, 2.45) is 0 Å². The zero-order chi connectivity index (χ0) is 12.5. The van der Waals surface area contributed by atoms with Crippen molar-refractivity contribution in [1.29, 1.82) is 0 Å². The minimum atomic E-state index is -0.402. The van der Waals surface area contributed by atoms with Crippen LogP contribution in [0.15, 0.2) is 60.8 Å². The number of hydrogen-bond acceptors (Lipinski definition) is 1. The van der Waals surface area contributed by atoms with Gasteiger partial charge < -0.3 is 4.40 Å². The van der Waals surface area contributed by atoms with Gasteiger partial charge >= 0.3 is 0 Å². The fourth-order valence-corrected chi connectivity index (χ4v) is 2.03. The Morgan fingerprint density at radius 1 is 1.00 bits per heavy atom. The summed E-state index contributed by atoms with van der Waals surface area (Å²) in [5.74, 6) is -0.586. The van der Waals surface area contributed by atoms with E-state index in [1.807, 2.05) is 30.5 Å². The van der Waals surface area contributed by atoms with Gasteiger partial charge in [-0.2, -0.15) is 0 Å². The van der Waals surface area contributed by atoms with Gasteiger partial charge in [0.1, 0.15) is 5.82 Å². The summed E-state index contributed by atoms with van der Waals surface area (Å²) < 4.78 is 14.9. The third kappa shape index (κ3) is 1.70. The number of carbonyl (C=O) groups excluding carboxylic acids is 1. The number of pyridine rings is 1. The third-order valence-electron chi connectivity index (χ3n) is 2.88. The number of fused-ring (bicyclic) bond motifs is 1. The smallest absolute Gasteiger partial charge is 0.209 e. The van der Waals surface area contributed by atoms with Gasteiger partial charge in [-0.15, -0.1) is 0 Å². The summed E-state index contributed by atoms with van der Waals surface area (Å²) in [7, 11) is 0. The lowest BCUT2D eigenvalue weighted by Gasteiger charge is -2.05. The molecule has 1 aromatic carbocycles. The molecular weight excluding hydrogens is 229 g/mol. The molecule has 0 saturated carbocycles. The molecule has 3 heteroatoms. The first-order valence-electron chi connectivity index (χ1n) is 5.62. The maximum absolute atomic E-state index is 13.1. The maximum atomic E-state index is 13.1. The zero-order valence-electron chi connectivity index (χ0n) is 9.51. The summed E-state index contributed by atoms with van der Waals surface area (Å²) in [5, 5.41) is 0. The molecule has 18 heavy (non-hydrogen) atoms. The number of ketones is 1. The fraction of sp³-hybridized carbons (Fsp3) is 0. The maximum Gasteiger partial charge on any atom is 0.209 e. The third-order valence-corrected chi connectivity index (χ3v) is 2.88. The van der Waals surface area contributed by atoms with Gasteiger partial charge in [0.25, 0.3) is 0 Å². The minimum Gasteiger partial charge on any atom is -0.314 e. The van der Waals surface area contributed by atoms with Crippen LogP contribution in [0.2, 0.25) is 0 Å². The molecule has 0 aliphatic heterocycles. The lowest BCUT2D eigenvalue weighted by molar-refractivity contribution is 0.103. The van der Waals surface area contributed by atoms with Crippen molar-refractivity contribution in [1.82, 2.24) is 4.40 Å². The van der Waals surface area contributed by atoms with E-state index in [1.165, 1.54) is 12.1 Å². The predicted molar refractivity (Wildman–Crippen MR) is 67.2 cm³/mol. The highest BCUT2D eigenvalue weighted by Crippen LogP contribution is 2.14. The molecule has 0 atom stereocenters. The molecule has 3 aromatic rings. The van der Waals surface area contributed by atoms with Gasteiger partial charge in [-0.25, -0.2) is 4.39 Å². The molecule has 0 bridgehead atoms. The molecule has 0 radical (unpaired) electrons. The quantitative estimate of drug-likeness (QED) is 0.629. The molecule has 0 aliphatic rings. The summed E-state index contributed by atoms with van der Waals surface area (Å²) in [6.45, 7) is 0. The Bertz CT molecular complexity index is 730. The number of nitrogens with zero attached hydrogens (tertiary/aromatic N) is 1. The first-order valence-corrected chi connectivity index (χ1v) is 5.62. The standard InChI is InChI=1S/C15H10FNO/c16-12-5-1-4-11(10-12)15(18)14-8-2-6-13-7-3-9-17(13)14/h1-10H. The van der Waals surface area contributed by atoms with E-state index >= 15 is 0 Å². The second-order valence-electron chi connectivity index (χ2n) is 4.05. The number of rotatable bonds is 2. The van der Waals surface area contributed by atoms with Crippen molar-refractivity contribution in [2.75, 3.05) is 0 Å². The topological polar surface area (TPSA) is 21.5 Å². The van der Waals surface area contributed by atoms with Crippen LogP contribution in [-0.2, 0) is 0 Å². The second kappa shape index (κ2) is 4.11. The van der Waals surface area contributed by atoms with Gasteiger partial charge in [0.2, 0.25) is 5.78 Å². The SMILES string of the molecule is O=C(c1cccc(F)c1)c1cccc2cccn12. The van der Waals surface area contributed by atoms with Gasteiger partial charge in [-0.1, -0.05) is 18.2 Å². The van der Waals surface area contributed by atoms with Crippen LogP contribution in [0.25, 0.3) is 5.52 Å². The Balaban J connectivity index is 2.15. The van der Waals surface area contributed by atoms with Gasteiger partial charge in [0, 0.05) is 17.3 Å². The summed E-state index contributed by atoms with van der Waals surface area (Å²) >= 11 is 0. The van der Waals surface area contributed by atoms with Crippen molar-refractivity contribution in [3.8, 4) is 0 Å². The van der Waals surface area contributed by atoms with E-state index in [0.29, 0.717) is 11.3 Å². The molecule has 88 valence electrons. The Hall–Kier alpha value is -2.42. The highest BCUT2D eigenvalue weighted by Gasteiger charge is 2.12. The number of carbonyl (C=O) groups is 1. The fourth-order valence-electron chi connectivity index (χ4n) is 2.03. The van der Waals surface area contributed by atoms with Crippen molar-refractivity contribution < 1.29 is 9.18 Å². The molecule has 2 heterocycles. The number of halogens is 1. The second-order valence-corrected chi connectivity index (χ2v) is 4.05. The highest BCUT2D eigenvalue weighted by molar-refractivity contribution is 6.08. The lowest BCUT2D eigenvalue weighted by atomic mass is 10.1. The molecule has 2 aromatic heterocycles. The zero-order valence-corrected chi connectivity index (χ0v) is 9.51. The number of aromatic nitrogens is 1. The Labute approximate surface area is 103 Å². The first kappa shape index (κ1) is 10.7. The van der Waals surface area contributed by atoms with Crippen LogP contribution >= 0.6 is 0 Å². The average Bonchev–Trinajstić information content (AvgIpc) is 2.86. The molecule has 0 saturated heterocycles. The van der Waals surface area contributed by atoms with E-state index in [1.54, 1.807) is 22.6 Å². The van der Waals surface area contributed by atoms with E-state index in [2.05, 4.69) is 0 Å². The van der Waals surface area contributed by atoms with Gasteiger partial charge in [-0.05, 0) is 36.4 Å². The number of hydrogen-bond donors (Lipinski definition) is 0. The molecule has 2 nitrogen and oxygen atoms in total. The predicted octanol–water partition coefficient (Wildman–Crippen LogP) is 3.31. The molecule has 0 spiro atoms. The van der Waals surface area contributed by atoms with Crippen LogP contribution in [0.3, 0.4) is 0 Å². The van der Waals surface area contributed by atoms with Gasteiger partial charge in [0.15, 0.2) is 0 Å². The van der Waals surface area contributed by atoms with Crippen molar-refractivity contribution in [2.45, 2.75) is 0 Å². The van der Waals surface area contributed by atoms with E-state index in [4.69, 9.17) is 0 Å². The molecule has 0 unspecified atom stereocenters. The van der Waals surface area contributed by atoms with E-state index in [9.17, 15) is 9.18 Å². The largest absolute Gasteiger partial charge is 0.314 e. The number of benzene rings is 1. The molecule has 0 amide bonds. The molecule has 0 N–H and O–H groups in total. The van der Waals surface area contributed by atoms with Crippen LogP contribution < -0.4 is 0 Å². The Morgan fingerprint density at radius 3 is 2.61 bits per heavy atom. The van der Waals surface area contributed by atoms with Gasteiger partial charge in [0.05, 0.1) is 5.69 Å².